The lowest BCUT2D eigenvalue weighted by Gasteiger charge is -2.36. The summed E-state index contributed by atoms with van der Waals surface area (Å²) in [7, 11) is -1.75. The fourth-order valence-electron chi connectivity index (χ4n) is 3.50. The lowest BCUT2D eigenvalue weighted by molar-refractivity contribution is 0.157. The maximum atomic E-state index is 13.0. The van der Waals surface area contributed by atoms with Crippen LogP contribution in [0.1, 0.15) is 57.7 Å². The fraction of sp³-hybridized carbons (Fsp3) is 0.462. The lowest BCUT2D eigenvalue weighted by atomic mass is 9.97. The first kappa shape index (κ1) is 24.0. The number of hydrogen-bond donors (Lipinski definition) is 0. The Kier molecular flexibility index (Phi) is 6.55. The SMILES string of the molecule is CC1(C)C=C(n2ccc(CCCO[Si](C)(C)C(C)(C)C)cc2=O)c2cc(C#N)ccc2O1. The summed E-state index contributed by atoms with van der Waals surface area (Å²) >= 11 is 0. The van der Waals surface area contributed by atoms with Crippen molar-refractivity contribution < 1.29 is 9.16 Å². The van der Waals surface area contributed by atoms with Crippen LogP contribution in [0.25, 0.3) is 5.70 Å². The molecule has 0 saturated heterocycles. The number of rotatable bonds is 6. The van der Waals surface area contributed by atoms with E-state index in [9.17, 15) is 10.1 Å². The highest BCUT2D eigenvalue weighted by molar-refractivity contribution is 6.74. The van der Waals surface area contributed by atoms with Gasteiger partial charge in [0.25, 0.3) is 5.56 Å². The minimum absolute atomic E-state index is 0.0925. The number of benzene rings is 1. The molecule has 0 fully saturated rings. The molecule has 0 bridgehead atoms. The topological polar surface area (TPSA) is 64.2 Å². The van der Waals surface area contributed by atoms with Gasteiger partial charge in [-0.25, -0.2) is 0 Å². The van der Waals surface area contributed by atoms with Crippen molar-refractivity contribution in [1.29, 1.82) is 5.26 Å². The number of nitriles is 1. The van der Waals surface area contributed by atoms with Gasteiger partial charge >= 0.3 is 0 Å². The van der Waals surface area contributed by atoms with E-state index in [0.717, 1.165) is 29.7 Å². The highest BCUT2D eigenvalue weighted by Gasteiger charge is 2.36. The average Bonchev–Trinajstić information content (AvgIpc) is 2.69. The van der Waals surface area contributed by atoms with Crippen molar-refractivity contribution in [3.05, 3.63) is 69.6 Å². The molecule has 6 heteroatoms. The Hall–Kier alpha value is -2.62. The van der Waals surface area contributed by atoms with Crippen LogP contribution in [0.15, 0.2) is 47.4 Å². The summed E-state index contributed by atoms with van der Waals surface area (Å²) in [6.45, 7) is 15.8. The van der Waals surface area contributed by atoms with Gasteiger partial charge in [-0.3, -0.25) is 9.36 Å². The summed E-state index contributed by atoms with van der Waals surface area (Å²) in [5, 5.41) is 9.50. The molecule has 0 atom stereocenters. The van der Waals surface area contributed by atoms with Crippen molar-refractivity contribution in [3.8, 4) is 11.8 Å². The molecular weight excluding hydrogens is 416 g/mol. The molecule has 170 valence electrons. The summed E-state index contributed by atoms with van der Waals surface area (Å²) in [6, 6.07) is 11.2. The van der Waals surface area contributed by atoms with Gasteiger partial charge in [0.05, 0.1) is 17.3 Å². The van der Waals surface area contributed by atoms with E-state index in [1.165, 1.54) is 0 Å². The highest BCUT2D eigenvalue weighted by Crippen LogP contribution is 2.37. The summed E-state index contributed by atoms with van der Waals surface area (Å²) in [6.07, 6.45) is 5.44. The quantitative estimate of drug-likeness (QED) is 0.416. The molecule has 0 saturated carbocycles. The van der Waals surface area contributed by atoms with Crippen LogP contribution < -0.4 is 10.3 Å². The molecule has 0 aliphatic carbocycles. The van der Waals surface area contributed by atoms with Gasteiger partial charge in [-0.1, -0.05) is 20.8 Å². The predicted molar refractivity (Wildman–Crippen MR) is 131 cm³/mol. The second-order valence-corrected chi connectivity index (χ2v) is 15.3. The molecule has 3 rings (SSSR count). The normalized spacial score (nSPS) is 15.4. The Labute approximate surface area is 192 Å². The smallest absolute Gasteiger partial charge is 0.255 e. The molecule has 0 N–H and O–H groups in total. The fourth-order valence-corrected chi connectivity index (χ4v) is 4.59. The van der Waals surface area contributed by atoms with E-state index in [4.69, 9.17) is 9.16 Å². The zero-order valence-corrected chi connectivity index (χ0v) is 21.3. The molecule has 0 spiro atoms. The molecule has 5 nitrogen and oxygen atoms in total. The molecular formula is C26H34N2O3Si. The number of aromatic nitrogens is 1. The van der Waals surface area contributed by atoms with Gasteiger partial charge in [0.2, 0.25) is 0 Å². The van der Waals surface area contributed by atoms with Gasteiger partial charge in [0, 0.05) is 24.4 Å². The second kappa shape index (κ2) is 8.72. The molecule has 1 aromatic carbocycles. The second-order valence-electron chi connectivity index (χ2n) is 10.5. The van der Waals surface area contributed by atoms with Crippen molar-refractivity contribution in [2.24, 2.45) is 0 Å². The number of aryl methyl sites for hydroxylation is 1. The summed E-state index contributed by atoms with van der Waals surface area (Å²) in [5.41, 5.74) is 2.37. The van der Waals surface area contributed by atoms with E-state index in [1.54, 1.807) is 28.8 Å². The van der Waals surface area contributed by atoms with Crippen LogP contribution in [0.4, 0.5) is 0 Å². The van der Waals surface area contributed by atoms with E-state index in [2.05, 4.69) is 39.9 Å². The van der Waals surface area contributed by atoms with Gasteiger partial charge in [0.15, 0.2) is 8.32 Å². The van der Waals surface area contributed by atoms with E-state index >= 15 is 0 Å². The Bertz CT molecular complexity index is 1130. The standard InChI is InChI=1S/C26H34N2O3Si/c1-25(2,3)32(6,7)30-14-8-9-19-12-13-28(24(29)16-19)22-17-26(4,5)31-23-11-10-20(18-27)15-21(22)23/h10-13,15-17H,8-9,14H2,1-7H3. The molecule has 0 amide bonds. The molecule has 0 unspecified atom stereocenters. The van der Waals surface area contributed by atoms with Gasteiger partial charge in [-0.05, 0) is 80.7 Å². The zero-order chi connectivity index (χ0) is 23.7. The first-order valence-electron chi connectivity index (χ1n) is 11.2. The van der Waals surface area contributed by atoms with Crippen LogP contribution >= 0.6 is 0 Å². The summed E-state index contributed by atoms with van der Waals surface area (Å²) in [5.74, 6) is 0.672. The van der Waals surface area contributed by atoms with E-state index < -0.39 is 13.9 Å². The number of nitrogens with zero attached hydrogens (tertiary/aromatic N) is 2. The Balaban J connectivity index is 1.79. The van der Waals surface area contributed by atoms with Crippen molar-refractivity contribution >= 4 is 14.0 Å². The maximum absolute atomic E-state index is 13.0. The third-order valence-electron chi connectivity index (χ3n) is 6.36. The van der Waals surface area contributed by atoms with Gasteiger partial charge in [0.1, 0.15) is 11.4 Å². The predicted octanol–water partition coefficient (Wildman–Crippen LogP) is 5.73. The third-order valence-corrected chi connectivity index (χ3v) is 10.9. The molecule has 2 aromatic rings. The Morgan fingerprint density at radius 3 is 2.53 bits per heavy atom. The van der Waals surface area contributed by atoms with Crippen molar-refractivity contribution in [1.82, 2.24) is 4.57 Å². The molecule has 1 aliphatic heterocycles. The van der Waals surface area contributed by atoms with Crippen LogP contribution in [-0.4, -0.2) is 25.1 Å². The molecule has 0 radical (unpaired) electrons. The van der Waals surface area contributed by atoms with E-state index in [-0.39, 0.29) is 10.6 Å². The first-order chi connectivity index (χ1) is 14.8. The number of pyridine rings is 1. The van der Waals surface area contributed by atoms with Gasteiger partial charge in [-0.15, -0.1) is 0 Å². The average molecular weight is 451 g/mol. The molecule has 2 heterocycles. The Morgan fingerprint density at radius 1 is 1.19 bits per heavy atom. The molecule has 1 aromatic heterocycles. The summed E-state index contributed by atoms with van der Waals surface area (Å²) in [4.78, 5) is 13.0. The number of fused-ring (bicyclic) bond motifs is 1. The van der Waals surface area contributed by atoms with Crippen molar-refractivity contribution in [3.63, 3.8) is 0 Å². The Morgan fingerprint density at radius 2 is 1.91 bits per heavy atom. The zero-order valence-electron chi connectivity index (χ0n) is 20.3. The highest BCUT2D eigenvalue weighted by atomic mass is 28.4. The summed E-state index contributed by atoms with van der Waals surface area (Å²) < 4.78 is 13.9. The minimum Gasteiger partial charge on any atom is -0.483 e. The van der Waals surface area contributed by atoms with Gasteiger partial charge < -0.3 is 9.16 Å². The van der Waals surface area contributed by atoms with Crippen LogP contribution in [-0.2, 0) is 10.8 Å². The van der Waals surface area contributed by atoms with Gasteiger partial charge in [-0.2, -0.15) is 5.26 Å². The van der Waals surface area contributed by atoms with Crippen LogP contribution in [0, 0.1) is 11.3 Å². The van der Waals surface area contributed by atoms with Crippen LogP contribution in [0.2, 0.25) is 18.1 Å². The largest absolute Gasteiger partial charge is 0.483 e. The van der Waals surface area contributed by atoms with Crippen molar-refractivity contribution in [2.75, 3.05) is 6.61 Å². The minimum atomic E-state index is -1.75. The van der Waals surface area contributed by atoms with Crippen LogP contribution in [0.3, 0.4) is 0 Å². The maximum Gasteiger partial charge on any atom is 0.255 e. The number of ether oxygens (including phenoxy) is 1. The van der Waals surface area contributed by atoms with Crippen molar-refractivity contribution in [2.45, 2.75) is 71.2 Å². The van der Waals surface area contributed by atoms with E-state index in [1.807, 2.05) is 32.2 Å². The molecule has 1 aliphatic rings. The first-order valence-corrected chi connectivity index (χ1v) is 14.1. The van der Waals surface area contributed by atoms with Crippen LogP contribution in [0.5, 0.6) is 5.75 Å². The monoisotopic (exact) mass is 450 g/mol. The van der Waals surface area contributed by atoms with E-state index in [0.29, 0.717) is 17.9 Å². The lowest BCUT2D eigenvalue weighted by Crippen LogP contribution is -2.41. The number of hydrogen-bond acceptors (Lipinski definition) is 4. The third kappa shape index (κ3) is 5.23. The molecule has 32 heavy (non-hydrogen) atoms.